The fraction of sp³-hybridized carbons (Fsp3) is 0.0667. The van der Waals surface area contributed by atoms with Crippen molar-refractivity contribution in [3.8, 4) is 11.5 Å². The largest absolute Gasteiger partial charge is 0.427 e. The van der Waals surface area contributed by atoms with Crippen molar-refractivity contribution in [1.29, 1.82) is 0 Å². The molecule has 6 heteroatoms. The zero-order valence-corrected chi connectivity index (χ0v) is 12.2. The molecule has 21 heavy (non-hydrogen) atoms. The van der Waals surface area contributed by atoms with E-state index in [1.165, 1.54) is 6.66 Å². The van der Waals surface area contributed by atoms with Crippen molar-refractivity contribution in [2.75, 3.05) is 6.66 Å². The van der Waals surface area contributed by atoms with Crippen LogP contribution in [0.15, 0.2) is 48.5 Å². The minimum Gasteiger partial charge on any atom is -0.416 e. The van der Waals surface area contributed by atoms with Crippen molar-refractivity contribution in [2.24, 2.45) is 0 Å². The van der Waals surface area contributed by atoms with Gasteiger partial charge in [0.25, 0.3) is 0 Å². The molecule has 0 aliphatic heterocycles. The summed E-state index contributed by atoms with van der Waals surface area (Å²) in [6.07, 6.45) is 1.42. The summed E-state index contributed by atoms with van der Waals surface area (Å²) in [5.41, 5.74) is 0.998. The molecule has 108 valence electrons. The van der Waals surface area contributed by atoms with Gasteiger partial charge in [0.15, 0.2) is 0 Å². The van der Waals surface area contributed by atoms with Gasteiger partial charge in [-0.1, -0.05) is 0 Å². The molecule has 0 heterocycles. The Morgan fingerprint density at radius 2 is 1.10 bits per heavy atom. The van der Waals surface area contributed by atoms with Gasteiger partial charge in [-0.2, -0.15) is 0 Å². The first-order chi connectivity index (χ1) is 10.0. The zero-order valence-electron chi connectivity index (χ0n) is 11.3. The molecule has 0 spiro atoms. The molecule has 0 bridgehead atoms. The summed E-state index contributed by atoms with van der Waals surface area (Å²) in [6, 6.07) is 12.4. The number of benzene rings is 2. The van der Waals surface area contributed by atoms with Crippen molar-refractivity contribution in [3.63, 3.8) is 0 Å². The molecule has 0 fully saturated rings. The molecule has 2 aromatic rings. The highest BCUT2D eigenvalue weighted by atomic mass is 31.2. The van der Waals surface area contributed by atoms with Crippen LogP contribution in [0.2, 0.25) is 0 Å². The molecule has 0 amide bonds. The predicted molar refractivity (Wildman–Crippen MR) is 78.4 cm³/mol. The van der Waals surface area contributed by atoms with E-state index in [9.17, 15) is 14.2 Å². The number of aldehydes is 2. The quantitative estimate of drug-likeness (QED) is 0.602. The van der Waals surface area contributed by atoms with Crippen molar-refractivity contribution in [2.45, 2.75) is 0 Å². The van der Waals surface area contributed by atoms with Crippen molar-refractivity contribution < 1.29 is 23.2 Å². The van der Waals surface area contributed by atoms with Crippen LogP contribution in [-0.4, -0.2) is 19.2 Å². The molecular formula is C15H13O5P. The van der Waals surface area contributed by atoms with Crippen LogP contribution in [0.4, 0.5) is 0 Å². The van der Waals surface area contributed by atoms with Crippen LogP contribution in [0.5, 0.6) is 11.5 Å². The Labute approximate surface area is 122 Å². The Morgan fingerprint density at radius 3 is 1.38 bits per heavy atom. The van der Waals surface area contributed by atoms with Crippen LogP contribution < -0.4 is 9.05 Å². The van der Waals surface area contributed by atoms with Gasteiger partial charge in [0.05, 0.1) is 6.66 Å². The maximum atomic E-state index is 12.3. The van der Waals surface area contributed by atoms with Crippen LogP contribution in [0.25, 0.3) is 0 Å². The fourth-order valence-corrected chi connectivity index (χ4v) is 2.66. The lowest BCUT2D eigenvalue weighted by Gasteiger charge is -2.16. The normalized spacial score (nSPS) is 10.7. The summed E-state index contributed by atoms with van der Waals surface area (Å²) >= 11 is 0. The molecular weight excluding hydrogens is 291 g/mol. The summed E-state index contributed by atoms with van der Waals surface area (Å²) < 4.78 is 22.9. The Balaban J connectivity index is 2.07. The molecule has 0 aromatic heterocycles. The standard InChI is InChI=1S/C15H13O5P/c1-21(18,19-14-6-2-12(10-16)3-7-14)20-15-8-4-13(11-17)5-9-15/h2-11H,1H3. The third-order valence-corrected chi connectivity index (χ3v) is 3.66. The summed E-state index contributed by atoms with van der Waals surface area (Å²) in [7, 11) is -3.36. The van der Waals surface area contributed by atoms with E-state index in [1.807, 2.05) is 0 Å². The molecule has 0 unspecified atom stereocenters. The number of rotatable bonds is 6. The second-order valence-corrected chi connectivity index (χ2v) is 6.24. The lowest BCUT2D eigenvalue weighted by Crippen LogP contribution is -1.99. The molecule has 0 radical (unpaired) electrons. The molecule has 2 aromatic carbocycles. The number of hydrogen-bond acceptors (Lipinski definition) is 5. The van der Waals surface area contributed by atoms with E-state index in [1.54, 1.807) is 48.5 Å². The van der Waals surface area contributed by atoms with E-state index in [0.717, 1.165) is 0 Å². The summed E-state index contributed by atoms with van der Waals surface area (Å²) in [5, 5.41) is 0. The first-order valence-corrected chi connectivity index (χ1v) is 8.08. The SMILES string of the molecule is CP(=O)(Oc1ccc(C=O)cc1)Oc1ccc(C=O)cc1. The molecule has 0 aliphatic carbocycles. The number of carbonyl (C=O) groups excluding carboxylic acids is 2. The third-order valence-electron chi connectivity index (χ3n) is 2.57. The van der Waals surface area contributed by atoms with Gasteiger partial charge in [0.1, 0.15) is 24.1 Å². The van der Waals surface area contributed by atoms with E-state index in [-0.39, 0.29) is 0 Å². The second kappa shape index (κ2) is 6.37. The van der Waals surface area contributed by atoms with Crippen molar-refractivity contribution in [3.05, 3.63) is 59.7 Å². The maximum absolute atomic E-state index is 12.3. The van der Waals surface area contributed by atoms with E-state index in [4.69, 9.17) is 9.05 Å². The maximum Gasteiger partial charge on any atom is 0.427 e. The molecule has 5 nitrogen and oxygen atoms in total. The van der Waals surface area contributed by atoms with Gasteiger partial charge in [-0.05, 0) is 48.5 Å². The summed E-state index contributed by atoms with van der Waals surface area (Å²) in [4.78, 5) is 21.1. The van der Waals surface area contributed by atoms with Gasteiger partial charge in [0.2, 0.25) is 0 Å². The topological polar surface area (TPSA) is 69.7 Å². The summed E-state index contributed by atoms with van der Waals surface area (Å²) in [6.45, 7) is 1.34. The lowest BCUT2D eigenvalue weighted by molar-refractivity contribution is 0.111. The van der Waals surface area contributed by atoms with E-state index < -0.39 is 7.60 Å². The van der Waals surface area contributed by atoms with E-state index >= 15 is 0 Å². The highest BCUT2D eigenvalue weighted by Gasteiger charge is 2.20. The second-order valence-electron chi connectivity index (χ2n) is 4.33. The Kier molecular flexibility index (Phi) is 4.55. The van der Waals surface area contributed by atoms with Crippen LogP contribution in [0.3, 0.4) is 0 Å². The lowest BCUT2D eigenvalue weighted by atomic mass is 10.2. The Bertz CT molecular complexity index is 619. The molecule has 0 atom stereocenters. The Morgan fingerprint density at radius 1 is 0.762 bits per heavy atom. The van der Waals surface area contributed by atoms with Gasteiger partial charge in [-0.3, -0.25) is 9.59 Å². The molecule has 0 N–H and O–H groups in total. The Hall–Kier alpha value is -2.39. The number of hydrogen-bond donors (Lipinski definition) is 0. The average Bonchev–Trinajstić information content (AvgIpc) is 2.48. The van der Waals surface area contributed by atoms with Crippen molar-refractivity contribution in [1.82, 2.24) is 0 Å². The van der Waals surface area contributed by atoms with Gasteiger partial charge >= 0.3 is 7.60 Å². The minimum absolute atomic E-state index is 0.343. The van der Waals surface area contributed by atoms with E-state index in [2.05, 4.69) is 0 Å². The van der Waals surface area contributed by atoms with Gasteiger partial charge < -0.3 is 9.05 Å². The van der Waals surface area contributed by atoms with Crippen molar-refractivity contribution >= 4 is 20.2 Å². The first kappa shape index (κ1) is 15.0. The third kappa shape index (κ3) is 4.29. The minimum atomic E-state index is -3.36. The first-order valence-electron chi connectivity index (χ1n) is 6.09. The predicted octanol–water partition coefficient (Wildman–Crippen LogP) is 3.59. The smallest absolute Gasteiger partial charge is 0.416 e. The van der Waals surface area contributed by atoms with Crippen LogP contribution in [-0.2, 0) is 4.57 Å². The van der Waals surface area contributed by atoms with E-state index in [0.29, 0.717) is 35.2 Å². The van der Waals surface area contributed by atoms with Gasteiger partial charge in [0, 0.05) is 11.1 Å². The molecule has 0 saturated carbocycles. The number of carbonyl (C=O) groups is 2. The zero-order chi connectivity index (χ0) is 15.3. The highest BCUT2D eigenvalue weighted by Crippen LogP contribution is 2.44. The monoisotopic (exact) mass is 304 g/mol. The molecule has 0 saturated heterocycles. The van der Waals surface area contributed by atoms with Gasteiger partial charge in [-0.25, -0.2) is 4.57 Å². The average molecular weight is 304 g/mol. The highest BCUT2D eigenvalue weighted by molar-refractivity contribution is 7.53. The van der Waals surface area contributed by atoms with Crippen LogP contribution >= 0.6 is 7.60 Å². The molecule has 0 aliphatic rings. The fourth-order valence-electron chi connectivity index (χ4n) is 1.62. The van der Waals surface area contributed by atoms with Gasteiger partial charge in [-0.15, -0.1) is 0 Å². The molecule has 2 rings (SSSR count). The van der Waals surface area contributed by atoms with Crippen LogP contribution in [0, 0.1) is 0 Å². The summed E-state index contributed by atoms with van der Waals surface area (Å²) in [5.74, 6) is 0.687. The van der Waals surface area contributed by atoms with Crippen LogP contribution in [0.1, 0.15) is 20.7 Å².